The molecule has 0 aromatic heterocycles. The SMILES string of the molecule is COc1ccc(NCCl)c(C)c1C. The number of ether oxygens (including phenoxy) is 1. The molecule has 1 N–H and O–H groups in total. The average molecular weight is 200 g/mol. The predicted molar refractivity (Wildman–Crippen MR) is 56.8 cm³/mol. The third-order valence-electron chi connectivity index (χ3n) is 2.21. The van der Waals surface area contributed by atoms with Crippen molar-refractivity contribution >= 4 is 17.3 Å². The van der Waals surface area contributed by atoms with Crippen LogP contribution in [0.4, 0.5) is 5.69 Å². The normalized spacial score (nSPS) is 9.85. The molecule has 0 atom stereocenters. The zero-order valence-electron chi connectivity index (χ0n) is 8.15. The Bertz CT molecular complexity index is 299. The monoisotopic (exact) mass is 199 g/mol. The number of methoxy groups -OCH3 is 1. The summed E-state index contributed by atoms with van der Waals surface area (Å²) in [5, 5.41) is 3.08. The summed E-state index contributed by atoms with van der Waals surface area (Å²) in [5.41, 5.74) is 3.39. The standard InChI is InChI=1S/C10H14ClNO/c1-7-8(2)10(13-3)5-4-9(7)12-6-11/h4-5,12H,6H2,1-3H3. The van der Waals surface area contributed by atoms with Crippen LogP contribution in [0.1, 0.15) is 11.1 Å². The van der Waals surface area contributed by atoms with Crippen LogP contribution in [0.2, 0.25) is 0 Å². The van der Waals surface area contributed by atoms with Crippen molar-refractivity contribution < 1.29 is 4.74 Å². The van der Waals surface area contributed by atoms with Gasteiger partial charge in [-0.1, -0.05) is 0 Å². The fraction of sp³-hybridized carbons (Fsp3) is 0.400. The largest absolute Gasteiger partial charge is 0.496 e. The summed E-state index contributed by atoms with van der Waals surface area (Å²) in [6.07, 6.45) is 0. The number of nitrogens with one attached hydrogen (secondary N) is 1. The Labute approximate surface area is 83.9 Å². The van der Waals surface area contributed by atoms with E-state index in [1.54, 1.807) is 7.11 Å². The molecule has 1 aromatic carbocycles. The van der Waals surface area contributed by atoms with Gasteiger partial charge < -0.3 is 10.1 Å². The van der Waals surface area contributed by atoms with Crippen LogP contribution >= 0.6 is 11.6 Å². The van der Waals surface area contributed by atoms with Gasteiger partial charge in [-0.3, -0.25) is 0 Å². The zero-order valence-corrected chi connectivity index (χ0v) is 8.90. The molecule has 1 rings (SSSR count). The van der Waals surface area contributed by atoms with Gasteiger partial charge in [0.15, 0.2) is 0 Å². The van der Waals surface area contributed by atoms with Crippen LogP contribution in [0.5, 0.6) is 5.75 Å². The first kappa shape index (κ1) is 10.2. The average Bonchev–Trinajstić information content (AvgIpc) is 2.14. The first-order valence-corrected chi connectivity index (χ1v) is 4.68. The molecular formula is C10H14ClNO. The van der Waals surface area contributed by atoms with Gasteiger partial charge in [0.25, 0.3) is 0 Å². The first-order valence-electron chi connectivity index (χ1n) is 4.14. The van der Waals surface area contributed by atoms with Gasteiger partial charge in [-0.05, 0) is 37.1 Å². The van der Waals surface area contributed by atoms with Crippen molar-refractivity contribution in [3.8, 4) is 5.75 Å². The number of rotatable bonds is 3. The van der Waals surface area contributed by atoms with E-state index in [4.69, 9.17) is 16.3 Å². The molecule has 0 heterocycles. The van der Waals surface area contributed by atoms with Crippen LogP contribution < -0.4 is 10.1 Å². The minimum absolute atomic E-state index is 0.423. The molecule has 3 heteroatoms. The lowest BCUT2D eigenvalue weighted by Crippen LogP contribution is -1.99. The van der Waals surface area contributed by atoms with Crippen molar-refractivity contribution in [1.82, 2.24) is 0 Å². The molecule has 0 saturated carbocycles. The van der Waals surface area contributed by atoms with Gasteiger partial charge >= 0.3 is 0 Å². The van der Waals surface area contributed by atoms with E-state index in [-0.39, 0.29) is 0 Å². The number of halogens is 1. The van der Waals surface area contributed by atoms with Gasteiger partial charge in [-0.25, -0.2) is 0 Å². The highest BCUT2D eigenvalue weighted by Gasteiger charge is 2.04. The summed E-state index contributed by atoms with van der Waals surface area (Å²) in [6.45, 7) is 4.08. The van der Waals surface area contributed by atoms with Crippen LogP contribution in [0, 0.1) is 13.8 Å². The molecular weight excluding hydrogens is 186 g/mol. The minimum atomic E-state index is 0.423. The molecule has 0 spiro atoms. The molecule has 0 aliphatic heterocycles. The highest BCUT2D eigenvalue weighted by atomic mass is 35.5. The highest BCUT2D eigenvalue weighted by Crippen LogP contribution is 2.26. The van der Waals surface area contributed by atoms with Crippen LogP contribution in [0.15, 0.2) is 12.1 Å². The van der Waals surface area contributed by atoms with Crippen molar-refractivity contribution in [2.75, 3.05) is 18.4 Å². The summed E-state index contributed by atoms with van der Waals surface area (Å²) < 4.78 is 5.20. The molecule has 0 fully saturated rings. The van der Waals surface area contributed by atoms with Gasteiger partial charge in [0.1, 0.15) is 5.75 Å². The lowest BCUT2D eigenvalue weighted by Gasteiger charge is -2.12. The molecule has 0 radical (unpaired) electrons. The third kappa shape index (κ3) is 2.07. The second-order valence-corrected chi connectivity index (χ2v) is 3.14. The summed E-state index contributed by atoms with van der Waals surface area (Å²) in [6, 6.07) is 4.34. The van der Waals surface area contributed by atoms with Crippen molar-refractivity contribution in [2.45, 2.75) is 13.8 Å². The molecule has 0 amide bonds. The Kier molecular flexibility index (Phi) is 3.43. The van der Waals surface area contributed by atoms with Gasteiger partial charge in [0.05, 0.1) is 13.1 Å². The van der Waals surface area contributed by atoms with Gasteiger partial charge in [0, 0.05) is 5.69 Å². The first-order chi connectivity index (χ1) is 6.20. The fourth-order valence-electron chi connectivity index (χ4n) is 1.28. The number of hydrogen-bond acceptors (Lipinski definition) is 2. The number of hydrogen-bond donors (Lipinski definition) is 1. The predicted octanol–water partition coefficient (Wildman–Crippen LogP) is 2.92. The summed E-state index contributed by atoms with van der Waals surface area (Å²) >= 11 is 5.59. The molecule has 0 aliphatic rings. The van der Waals surface area contributed by atoms with E-state index in [9.17, 15) is 0 Å². The summed E-state index contributed by atoms with van der Waals surface area (Å²) in [4.78, 5) is 0. The van der Waals surface area contributed by atoms with Crippen LogP contribution in [0.3, 0.4) is 0 Å². The second kappa shape index (κ2) is 4.38. The molecule has 0 unspecified atom stereocenters. The smallest absolute Gasteiger partial charge is 0.122 e. The van der Waals surface area contributed by atoms with E-state index in [2.05, 4.69) is 5.32 Å². The lowest BCUT2D eigenvalue weighted by atomic mass is 10.1. The summed E-state index contributed by atoms with van der Waals surface area (Å²) in [5.74, 6) is 0.914. The van der Waals surface area contributed by atoms with E-state index in [0.29, 0.717) is 6.00 Å². The molecule has 0 bridgehead atoms. The second-order valence-electron chi connectivity index (χ2n) is 2.88. The van der Waals surface area contributed by atoms with Crippen molar-refractivity contribution in [3.63, 3.8) is 0 Å². The number of anilines is 1. The third-order valence-corrected chi connectivity index (χ3v) is 2.35. The Morgan fingerprint density at radius 1 is 1.31 bits per heavy atom. The number of benzene rings is 1. The quantitative estimate of drug-likeness (QED) is 0.597. The maximum absolute atomic E-state index is 5.59. The number of alkyl halides is 1. The highest BCUT2D eigenvalue weighted by molar-refractivity contribution is 6.18. The van der Waals surface area contributed by atoms with E-state index in [0.717, 1.165) is 17.0 Å². The molecule has 0 aliphatic carbocycles. The maximum atomic E-state index is 5.59. The van der Waals surface area contributed by atoms with Crippen LogP contribution in [-0.4, -0.2) is 13.1 Å². The molecule has 13 heavy (non-hydrogen) atoms. The minimum Gasteiger partial charge on any atom is -0.496 e. The Morgan fingerprint density at radius 3 is 2.54 bits per heavy atom. The van der Waals surface area contributed by atoms with E-state index in [1.165, 1.54) is 5.56 Å². The lowest BCUT2D eigenvalue weighted by molar-refractivity contribution is 0.411. The van der Waals surface area contributed by atoms with Gasteiger partial charge in [-0.2, -0.15) is 0 Å². The molecule has 2 nitrogen and oxygen atoms in total. The van der Waals surface area contributed by atoms with Crippen molar-refractivity contribution in [2.24, 2.45) is 0 Å². The molecule has 1 aromatic rings. The zero-order chi connectivity index (χ0) is 9.84. The van der Waals surface area contributed by atoms with Gasteiger partial charge in [-0.15, -0.1) is 11.6 Å². The topological polar surface area (TPSA) is 21.3 Å². The van der Waals surface area contributed by atoms with E-state index in [1.807, 2.05) is 26.0 Å². The van der Waals surface area contributed by atoms with E-state index >= 15 is 0 Å². The molecule has 72 valence electrons. The van der Waals surface area contributed by atoms with E-state index < -0.39 is 0 Å². The summed E-state index contributed by atoms with van der Waals surface area (Å²) in [7, 11) is 1.68. The Hall–Kier alpha value is -0.890. The Balaban J connectivity index is 3.07. The Morgan fingerprint density at radius 2 is 2.00 bits per heavy atom. The van der Waals surface area contributed by atoms with Crippen LogP contribution in [0.25, 0.3) is 0 Å². The van der Waals surface area contributed by atoms with Crippen molar-refractivity contribution in [3.05, 3.63) is 23.3 Å². The van der Waals surface area contributed by atoms with Gasteiger partial charge in [0.2, 0.25) is 0 Å². The van der Waals surface area contributed by atoms with Crippen LogP contribution in [-0.2, 0) is 0 Å². The van der Waals surface area contributed by atoms with Crippen molar-refractivity contribution in [1.29, 1.82) is 0 Å². The molecule has 0 saturated heterocycles. The fourth-order valence-corrected chi connectivity index (χ4v) is 1.42. The maximum Gasteiger partial charge on any atom is 0.122 e.